The fraction of sp³-hybridized carbons (Fsp3) is 0.769. The first-order chi connectivity index (χ1) is 17.9. The van der Waals surface area contributed by atoms with Crippen molar-refractivity contribution < 1.29 is 39.0 Å². The van der Waals surface area contributed by atoms with Crippen LogP contribution in [-0.2, 0) is 28.8 Å². The van der Waals surface area contributed by atoms with Crippen LogP contribution >= 0.6 is 0 Å². The number of carbonyl (C=O) groups excluding carboxylic acids is 4. The van der Waals surface area contributed by atoms with E-state index >= 15 is 0 Å². The summed E-state index contributed by atoms with van der Waals surface area (Å²) in [5.74, 6) is -3.87. The van der Waals surface area contributed by atoms with E-state index in [1.807, 2.05) is 27.7 Å². The van der Waals surface area contributed by atoms with Gasteiger partial charge >= 0.3 is 11.9 Å². The van der Waals surface area contributed by atoms with Crippen LogP contribution in [-0.4, -0.2) is 71.0 Å². The van der Waals surface area contributed by atoms with Gasteiger partial charge in [0.25, 0.3) is 0 Å². The Bertz CT molecular complexity index is 725. The Morgan fingerprint density at radius 2 is 0.921 bits per heavy atom. The molecule has 4 atom stereocenters. The minimum absolute atomic E-state index is 0.103. The minimum atomic E-state index is -1.07. The van der Waals surface area contributed by atoms with Gasteiger partial charge < -0.3 is 31.5 Å². The highest BCUT2D eigenvalue weighted by molar-refractivity contribution is 5.89. The molecule has 0 aromatic heterocycles. The summed E-state index contributed by atoms with van der Waals surface area (Å²) in [7, 11) is 0. The van der Waals surface area contributed by atoms with Gasteiger partial charge in [-0.05, 0) is 24.7 Å². The molecule has 2 unspecified atom stereocenters. The van der Waals surface area contributed by atoms with Crippen LogP contribution in [0.4, 0.5) is 0 Å². The first-order valence-corrected chi connectivity index (χ1v) is 13.5. The van der Waals surface area contributed by atoms with Gasteiger partial charge in [-0.3, -0.25) is 28.8 Å². The second kappa shape index (κ2) is 19.9. The molecule has 0 radical (unpaired) electrons. The van der Waals surface area contributed by atoms with Crippen LogP contribution in [0.15, 0.2) is 0 Å². The van der Waals surface area contributed by atoms with Crippen LogP contribution in [0.25, 0.3) is 0 Å². The molecule has 0 aliphatic rings. The summed E-state index contributed by atoms with van der Waals surface area (Å²) in [6.07, 6.45) is 3.47. The Morgan fingerprint density at radius 1 is 0.579 bits per heavy atom. The predicted molar refractivity (Wildman–Crippen MR) is 141 cm³/mol. The summed E-state index contributed by atoms with van der Waals surface area (Å²) in [6.45, 7) is 8.38. The summed E-state index contributed by atoms with van der Waals surface area (Å²) in [5.41, 5.74) is 0. The number of carboxylic acids is 2. The number of rotatable bonds is 21. The Morgan fingerprint density at radius 3 is 1.21 bits per heavy atom. The molecule has 12 heteroatoms. The third-order valence-corrected chi connectivity index (χ3v) is 6.46. The quantitative estimate of drug-likeness (QED) is 0.118. The molecule has 12 nitrogen and oxygen atoms in total. The Hall–Kier alpha value is -3.18. The molecule has 0 rings (SSSR count). The molecule has 0 aliphatic heterocycles. The summed E-state index contributed by atoms with van der Waals surface area (Å²) >= 11 is 0. The van der Waals surface area contributed by atoms with Gasteiger partial charge in [0.05, 0.1) is 12.8 Å². The molecular weight excluding hydrogens is 496 g/mol. The van der Waals surface area contributed by atoms with E-state index in [-0.39, 0.29) is 49.3 Å². The molecule has 0 saturated carbocycles. The van der Waals surface area contributed by atoms with Crippen molar-refractivity contribution in [3.63, 3.8) is 0 Å². The molecule has 0 aromatic rings. The number of aliphatic carboxylic acids is 2. The second-order valence-electron chi connectivity index (χ2n) is 9.65. The number of nitrogens with one attached hydrogen (secondary N) is 4. The van der Waals surface area contributed by atoms with E-state index in [0.29, 0.717) is 25.9 Å². The number of hydrogen-bond donors (Lipinski definition) is 6. The zero-order chi connectivity index (χ0) is 29.1. The molecule has 0 aliphatic carbocycles. The van der Waals surface area contributed by atoms with E-state index in [0.717, 1.165) is 25.7 Å². The molecule has 218 valence electrons. The molecular formula is C26H46N4O8. The minimum Gasteiger partial charge on any atom is -0.481 e. The van der Waals surface area contributed by atoms with E-state index in [2.05, 4.69) is 21.3 Å². The molecule has 38 heavy (non-hydrogen) atoms. The van der Waals surface area contributed by atoms with Gasteiger partial charge in [0.2, 0.25) is 23.6 Å². The van der Waals surface area contributed by atoms with Crippen molar-refractivity contribution in [3.8, 4) is 0 Å². The maximum Gasteiger partial charge on any atom is 0.303 e. The van der Waals surface area contributed by atoms with Crippen LogP contribution in [0.5, 0.6) is 0 Å². The second-order valence-corrected chi connectivity index (χ2v) is 9.65. The molecule has 0 heterocycles. The maximum atomic E-state index is 12.6. The number of amides is 4. The van der Waals surface area contributed by atoms with Crippen molar-refractivity contribution in [1.29, 1.82) is 0 Å². The predicted octanol–water partition coefficient (Wildman–Crippen LogP) is 1.57. The molecule has 6 N–H and O–H groups in total. The number of carbonyl (C=O) groups is 6. The van der Waals surface area contributed by atoms with Gasteiger partial charge in [-0.25, -0.2) is 0 Å². The third-order valence-electron chi connectivity index (χ3n) is 6.46. The topological polar surface area (TPSA) is 191 Å². The van der Waals surface area contributed by atoms with Gasteiger partial charge in [-0.2, -0.15) is 0 Å². The normalized spacial score (nSPS) is 13.9. The van der Waals surface area contributed by atoms with Gasteiger partial charge in [0.15, 0.2) is 0 Å². The SMILES string of the molecule is CCC(C)[C@H](NC(=O)CCC(=O)O)C(=O)NCCCCCCNC(=O)[C@@H](NC(=O)CCC(=O)O)C(C)CC. The highest BCUT2D eigenvalue weighted by atomic mass is 16.4. The van der Waals surface area contributed by atoms with E-state index < -0.39 is 35.8 Å². The van der Waals surface area contributed by atoms with Crippen molar-refractivity contribution in [1.82, 2.24) is 21.3 Å². The summed E-state index contributed by atoms with van der Waals surface area (Å²) in [5, 5.41) is 28.4. The lowest BCUT2D eigenvalue weighted by Crippen LogP contribution is -2.50. The molecule has 0 saturated heterocycles. The Balaban J connectivity index is 4.36. The fourth-order valence-electron chi connectivity index (χ4n) is 3.58. The van der Waals surface area contributed by atoms with Crippen LogP contribution in [0, 0.1) is 11.8 Å². The lowest BCUT2D eigenvalue weighted by atomic mass is 9.98. The Kier molecular flexibility index (Phi) is 18.2. The molecule has 0 bridgehead atoms. The van der Waals surface area contributed by atoms with Gasteiger partial charge in [0, 0.05) is 25.9 Å². The molecule has 0 fully saturated rings. The van der Waals surface area contributed by atoms with Crippen LogP contribution < -0.4 is 21.3 Å². The smallest absolute Gasteiger partial charge is 0.303 e. The highest BCUT2D eigenvalue weighted by Gasteiger charge is 2.26. The van der Waals surface area contributed by atoms with Crippen molar-refractivity contribution in [2.75, 3.05) is 13.1 Å². The van der Waals surface area contributed by atoms with Crippen molar-refractivity contribution >= 4 is 35.6 Å². The van der Waals surface area contributed by atoms with E-state index in [1.54, 1.807) is 0 Å². The number of carboxylic acid groups (broad SMARTS) is 2. The summed E-state index contributed by atoms with van der Waals surface area (Å²) in [4.78, 5) is 70.4. The first kappa shape index (κ1) is 34.8. The molecule has 0 aromatic carbocycles. The number of unbranched alkanes of at least 4 members (excludes halogenated alkanes) is 3. The fourth-order valence-corrected chi connectivity index (χ4v) is 3.58. The lowest BCUT2D eigenvalue weighted by Gasteiger charge is -2.23. The van der Waals surface area contributed by atoms with Gasteiger partial charge in [0.1, 0.15) is 12.1 Å². The average Bonchev–Trinajstić information content (AvgIpc) is 2.88. The van der Waals surface area contributed by atoms with E-state index in [4.69, 9.17) is 10.2 Å². The van der Waals surface area contributed by atoms with Crippen molar-refractivity contribution in [3.05, 3.63) is 0 Å². The maximum absolute atomic E-state index is 12.6. The van der Waals surface area contributed by atoms with Crippen LogP contribution in [0.1, 0.15) is 91.9 Å². The first-order valence-electron chi connectivity index (χ1n) is 13.5. The van der Waals surface area contributed by atoms with E-state index in [9.17, 15) is 28.8 Å². The highest BCUT2D eigenvalue weighted by Crippen LogP contribution is 2.10. The number of hydrogen-bond acceptors (Lipinski definition) is 6. The van der Waals surface area contributed by atoms with Gasteiger partial charge in [-0.15, -0.1) is 0 Å². The van der Waals surface area contributed by atoms with Crippen LogP contribution in [0.3, 0.4) is 0 Å². The average molecular weight is 543 g/mol. The monoisotopic (exact) mass is 542 g/mol. The van der Waals surface area contributed by atoms with E-state index in [1.165, 1.54) is 0 Å². The summed E-state index contributed by atoms with van der Waals surface area (Å²) in [6, 6.07) is -1.45. The van der Waals surface area contributed by atoms with Crippen molar-refractivity contribution in [2.45, 2.75) is 104 Å². The standard InChI is InChI=1S/C26H46N4O8/c1-5-17(3)23(29-19(31)11-13-21(33)34)25(37)27-15-9-7-8-10-16-28-26(38)24(18(4)6-2)30-20(32)12-14-22(35)36/h17-18,23-24H,5-16H2,1-4H3,(H,27,37)(H,28,38)(H,29,31)(H,30,32)(H,33,34)(H,35,36)/t17?,18?,23-,24-/m0/s1. The Labute approximate surface area is 225 Å². The summed E-state index contributed by atoms with van der Waals surface area (Å²) < 4.78 is 0. The lowest BCUT2D eigenvalue weighted by molar-refractivity contribution is -0.139. The molecule has 0 spiro atoms. The zero-order valence-corrected chi connectivity index (χ0v) is 23.1. The zero-order valence-electron chi connectivity index (χ0n) is 23.1. The van der Waals surface area contributed by atoms with Crippen LogP contribution in [0.2, 0.25) is 0 Å². The van der Waals surface area contributed by atoms with Crippen molar-refractivity contribution in [2.24, 2.45) is 11.8 Å². The molecule has 4 amide bonds. The largest absolute Gasteiger partial charge is 0.481 e. The van der Waals surface area contributed by atoms with Gasteiger partial charge in [-0.1, -0.05) is 53.4 Å². The third kappa shape index (κ3) is 15.8.